The van der Waals surface area contributed by atoms with E-state index in [2.05, 4.69) is 29.0 Å². The van der Waals surface area contributed by atoms with Crippen LogP contribution in [0.5, 0.6) is 0 Å². The van der Waals surface area contributed by atoms with E-state index in [9.17, 15) is 8.42 Å². The fourth-order valence-corrected chi connectivity index (χ4v) is 4.45. The SMILES string of the molecule is CC(C)CNCc1cnccc1N(C)C1CCS(=O)(=O)C1. The van der Waals surface area contributed by atoms with E-state index in [-0.39, 0.29) is 11.8 Å². The molecule has 1 saturated heterocycles. The molecule has 6 heteroatoms. The molecule has 5 nitrogen and oxygen atoms in total. The Morgan fingerprint density at radius 3 is 2.86 bits per heavy atom. The van der Waals surface area contributed by atoms with Crippen molar-refractivity contribution in [2.45, 2.75) is 32.9 Å². The minimum Gasteiger partial charge on any atom is -0.370 e. The Kier molecular flexibility index (Phi) is 5.22. The van der Waals surface area contributed by atoms with E-state index in [0.717, 1.165) is 24.3 Å². The molecule has 21 heavy (non-hydrogen) atoms. The third-order valence-corrected chi connectivity index (χ3v) is 5.63. The molecule has 0 bridgehead atoms. The van der Waals surface area contributed by atoms with Gasteiger partial charge in [-0.3, -0.25) is 4.98 Å². The molecule has 2 heterocycles. The van der Waals surface area contributed by atoms with Gasteiger partial charge >= 0.3 is 0 Å². The van der Waals surface area contributed by atoms with E-state index in [1.807, 2.05) is 19.3 Å². The lowest BCUT2D eigenvalue weighted by Crippen LogP contribution is -2.33. The van der Waals surface area contributed by atoms with Crippen LogP contribution in [0, 0.1) is 5.92 Å². The number of hydrogen-bond acceptors (Lipinski definition) is 5. The molecule has 0 amide bonds. The summed E-state index contributed by atoms with van der Waals surface area (Å²) in [5.41, 5.74) is 2.19. The molecule has 1 aliphatic rings. The summed E-state index contributed by atoms with van der Waals surface area (Å²) in [6.07, 6.45) is 4.34. The second kappa shape index (κ2) is 6.75. The summed E-state index contributed by atoms with van der Waals surface area (Å²) in [6.45, 7) is 6.06. The largest absolute Gasteiger partial charge is 0.370 e. The highest BCUT2D eigenvalue weighted by atomic mass is 32.2. The fraction of sp³-hybridized carbons (Fsp3) is 0.667. The topological polar surface area (TPSA) is 62.3 Å². The number of nitrogens with zero attached hydrogens (tertiary/aromatic N) is 2. The van der Waals surface area contributed by atoms with Crippen LogP contribution in [0.25, 0.3) is 0 Å². The Balaban J connectivity index is 2.08. The number of anilines is 1. The lowest BCUT2D eigenvalue weighted by Gasteiger charge is -2.27. The Morgan fingerprint density at radius 1 is 1.48 bits per heavy atom. The maximum absolute atomic E-state index is 11.7. The van der Waals surface area contributed by atoms with Crippen molar-refractivity contribution in [3.05, 3.63) is 24.0 Å². The lowest BCUT2D eigenvalue weighted by atomic mass is 10.1. The number of aromatic nitrogens is 1. The molecule has 0 saturated carbocycles. The van der Waals surface area contributed by atoms with Crippen LogP contribution in [-0.4, -0.2) is 44.5 Å². The van der Waals surface area contributed by atoms with Crippen LogP contribution >= 0.6 is 0 Å². The molecule has 1 atom stereocenters. The Bertz CT molecular complexity index is 572. The highest BCUT2D eigenvalue weighted by Gasteiger charge is 2.31. The van der Waals surface area contributed by atoms with Gasteiger partial charge in [-0.25, -0.2) is 8.42 Å². The van der Waals surface area contributed by atoms with Crippen LogP contribution in [0.15, 0.2) is 18.5 Å². The zero-order valence-electron chi connectivity index (χ0n) is 13.0. The van der Waals surface area contributed by atoms with Gasteiger partial charge in [0, 0.05) is 43.3 Å². The highest BCUT2D eigenvalue weighted by molar-refractivity contribution is 7.91. The van der Waals surface area contributed by atoms with Crippen LogP contribution in [0.1, 0.15) is 25.8 Å². The third kappa shape index (κ3) is 4.41. The van der Waals surface area contributed by atoms with E-state index >= 15 is 0 Å². The summed E-state index contributed by atoms with van der Waals surface area (Å²) in [5, 5.41) is 3.42. The van der Waals surface area contributed by atoms with Gasteiger partial charge in [0.25, 0.3) is 0 Å². The Hall–Kier alpha value is -1.14. The Labute approximate surface area is 127 Å². The van der Waals surface area contributed by atoms with Gasteiger partial charge in [-0.2, -0.15) is 0 Å². The van der Waals surface area contributed by atoms with Crippen molar-refractivity contribution in [2.75, 3.05) is 30.0 Å². The quantitative estimate of drug-likeness (QED) is 0.861. The first-order chi connectivity index (χ1) is 9.89. The number of pyridine rings is 1. The molecule has 1 aromatic rings. The van der Waals surface area contributed by atoms with Crippen molar-refractivity contribution in [3.63, 3.8) is 0 Å². The molecule has 0 aliphatic carbocycles. The van der Waals surface area contributed by atoms with E-state index < -0.39 is 9.84 Å². The molecular weight excluding hydrogens is 286 g/mol. The van der Waals surface area contributed by atoms with E-state index in [1.165, 1.54) is 0 Å². The van der Waals surface area contributed by atoms with Gasteiger partial charge in [-0.1, -0.05) is 13.8 Å². The maximum Gasteiger partial charge on any atom is 0.152 e. The lowest BCUT2D eigenvalue weighted by molar-refractivity contribution is 0.551. The zero-order valence-corrected chi connectivity index (χ0v) is 13.9. The molecule has 0 radical (unpaired) electrons. The summed E-state index contributed by atoms with van der Waals surface area (Å²) in [5.74, 6) is 1.15. The van der Waals surface area contributed by atoms with Crippen LogP contribution in [0.2, 0.25) is 0 Å². The fourth-order valence-electron chi connectivity index (χ4n) is 2.67. The highest BCUT2D eigenvalue weighted by Crippen LogP contribution is 2.25. The van der Waals surface area contributed by atoms with Crippen molar-refractivity contribution in [1.82, 2.24) is 10.3 Å². The standard InChI is InChI=1S/C15H25N3O2S/c1-12(2)8-17-10-13-9-16-6-4-15(13)18(3)14-5-7-21(19,20)11-14/h4,6,9,12,14,17H,5,7-8,10-11H2,1-3H3. The summed E-state index contributed by atoms with van der Waals surface area (Å²) in [7, 11) is -0.883. The van der Waals surface area contributed by atoms with Crippen molar-refractivity contribution in [1.29, 1.82) is 0 Å². The first kappa shape index (κ1) is 16.2. The predicted octanol–water partition coefficient (Wildman–Crippen LogP) is 1.45. The summed E-state index contributed by atoms with van der Waals surface area (Å²) >= 11 is 0. The number of hydrogen-bond donors (Lipinski definition) is 1. The molecule has 1 unspecified atom stereocenters. The monoisotopic (exact) mass is 311 g/mol. The van der Waals surface area contributed by atoms with Crippen LogP contribution in [0.4, 0.5) is 5.69 Å². The molecule has 2 rings (SSSR count). The van der Waals surface area contributed by atoms with Gasteiger partial charge in [0.2, 0.25) is 0 Å². The molecule has 1 N–H and O–H groups in total. The van der Waals surface area contributed by atoms with Crippen molar-refractivity contribution in [3.8, 4) is 0 Å². The van der Waals surface area contributed by atoms with Gasteiger partial charge in [0.1, 0.15) is 0 Å². The molecule has 0 spiro atoms. The minimum atomic E-state index is -2.86. The van der Waals surface area contributed by atoms with E-state index in [1.54, 1.807) is 6.20 Å². The minimum absolute atomic E-state index is 0.0706. The zero-order chi connectivity index (χ0) is 15.5. The van der Waals surface area contributed by atoms with Gasteiger partial charge in [0.15, 0.2) is 9.84 Å². The first-order valence-corrected chi connectivity index (χ1v) is 9.28. The smallest absolute Gasteiger partial charge is 0.152 e. The van der Waals surface area contributed by atoms with Crippen LogP contribution < -0.4 is 10.2 Å². The molecular formula is C15H25N3O2S. The molecule has 1 aromatic heterocycles. The molecule has 1 fully saturated rings. The van der Waals surface area contributed by atoms with Crippen LogP contribution in [-0.2, 0) is 16.4 Å². The van der Waals surface area contributed by atoms with Gasteiger partial charge in [0.05, 0.1) is 11.5 Å². The third-order valence-electron chi connectivity index (χ3n) is 3.88. The van der Waals surface area contributed by atoms with E-state index in [0.29, 0.717) is 18.1 Å². The van der Waals surface area contributed by atoms with Crippen molar-refractivity contribution >= 4 is 15.5 Å². The summed E-state index contributed by atoms with van der Waals surface area (Å²) in [6, 6.07) is 2.04. The van der Waals surface area contributed by atoms with Gasteiger partial charge < -0.3 is 10.2 Å². The van der Waals surface area contributed by atoms with Gasteiger partial charge in [-0.15, -0.1) is 0 Å². The summed E-state index contributed by atoms with van der Waals surface area (Å²) < 4.78 is 23.3. The number of rotatable bonds is 6. The maximum atomic E-state index is 11.7. The second-order valence-electron chi connectivity index (χ2n) is 6.20. The first-order valence-electron chi connectivity index (χ1n) is 7.46. The molecule has 1 aliphatic heterocycles. The van der Waals surface area contributed by atoms with Gasteiger partial charge in [-0.05, 0) is 24.9 Å². The average molecular weight is 311 g/mol. The molecule has 118 valence electrons. The van der Waals surface area contributed by atoms with Crippen LogP contribution in [0.3, 0.4) is 0 Å². The summed E-state index contributed by atoms with van der Waals surface area (Å²) in [4.78, 5) is 6.29. The number of nitrogens with one attached hydrogen (secondary N) is 1. The number of sulfone groups is 1. The molecule has 0 aromatic carbocycles. The van der Waals surface area contributed by atoms with E-state index in [4.69, 9.17) is 0 Å². The van der Waals surface area contributed by atoms with Crippen molar-refractivity contribution in [2.24, 2.45) is 5.92 Å². The Morgan fingerprint density at radius 2 is 2.24 bits per heavy atom. The second-order valence-corrected chi connectivity index (χ2v) is 8.43. The average Bonchev–Trinajstić information content (AvgIpc) is 2.78. The predicted molar refractivity (Wildman–Crippen MR) is 86.2 cm³/mol. The van der Waals surface area contributed by atoms with Crippen molar-refractivity contribution < 1.29 is 8.42 Å². The normalized spacial score (nSPS) is 20.9.